The first-order valence-corrected chi connectivity index (χ1v) is 5.83. The zero-order valence-electron chi connectivity index (χ0n) is 10.1. The van der Waals surface area contributed by atoms with E-state index in [1.807, 2.05) is 30.3 Å². The highest BCUT2D eigenvalue weighted by Crippen LogP contribution is 2.23. The number of hydrogen-bond acceptors (Lipinski definition) is 4. The molecular formula is C15H11N3O. The molecule has 4 nitrogen and oxygen atoms in total. The van der Waals surface area contributed by atoms with Crippen LogP contribution in [0.5, 0.6) is 0 Å². The van der Waals surface area contributed by atoms with Crippen molar-refractivity contribution >= 4 is 22.2 Å². The summed E-state index contributed by atoms with van der Waals surface area (Å²) in [4.78, 5) is 20.1. The van der Waals surface area contributed by atoms with Gasteiger partial charge in [-0.1, -0.05) is 24.3 Å². The molecule has 0 spiro atoms. The van der Waals surface area contributed by atoms with Gasteiger partial charge in [0.05, 0.1) is 5.56 Å². The number of aromatic nitrogens is 2. The molecule has 2 N–H and O–H groups in total. The summed E-state index contributed by atoms with van der Waals surface area (Å²) in [6, 6.07) is 11.4. The molecule has 4 heteroatoms. The van der Waals surface area contributed by atoms with E-state index in [4.69, 9.17) is 5.73 Å². The summed E-state index contributed by atoms with van der Waals surface area (Å²) in [7, 11) is 0. The van der Waals surface area contributed by atoms with Gasteiger partial charge in [-0.3, -0.25) is 4.79 Å². The zero-order valence-corrected chi connectivity index (χ0v) is 10.1. The molecule has 0 atom stereocenters. The first-order valence-electron chi connectivity index (χ1n) is 5.83. The molecule has 19 heavy (non-hydrogen) atoms. The van der Waals surface area contributed by atoms with E-state index in [1.54, 1.807) is 6.07 Å². The number of carbonyl (C=O) groups is 1. The lowest BCUT2D eigenvalue weighted by Crippen LogP contribution is -2.06. The second kappa shape index (κ2) is 4.49. The third-order valence-corrected chi connectivity index (χ3v) is 2.99. The van der Waals surface area contributed by atoms with Crippen LogP contribution < -0.4 is 5.73 Å². The van der Waals surface area contributed by atoms with Gasteiger partial charge in [0.25, 0.3) is 0 Å². The highest BCUT2D eigenvalue weighted by atomic mass is 16.1. The lowest BCUT2D eigenvalue weighted by Gasteiger charge is -2.07. The second-order valence-electron chi connectivity index (χ2n) is 4.24. The maximum atomic E-state index is 12.4. The monoisotopic (exact) mass is 249 g/mol. The van der Waals surface area contributed by atoms with Crippen molar-refractivity contribution in [1.82, 2.24) is 9.97 Å². The van der Waals surface area contributed by atoms with E-state index in [1.165, 1.54) is 18.7 Å². The number of nitrogens with two attached hydrogens (primary N) is 1. The quantitative estimate of drug-likeness (QED) is 0.559. The van der Waals surface area contributed by atoms with Crippen LogP contribution in [-0.2, 0) is 0 Å². The molecule has 0 bridgehead atoms. The van der Waals surface area contributed by atoms with Crippen molar-refractivity contribution < 1.29 is 4.79 Å². The Morgan fingerprint density at radius 1 is 1.00 bits per heavy atom. The van der Waals surface area contributed by atoms with E-state index >= 15 is 0 Å². The van der Waals surface area contributed by atoms with Crippen LogP contribution in [0.2, 0.25) is 0 Å². The van der Waals surface area contributed by atoms with Crippen molar-refractivity contribution in [2.75, 3.05) is 5.73 Å². The number of carbonyl (C=O) groups excluding carboxylic acids is 1. The minimum Gasteiger partial charge on any atom is -0.398 e. The van der Waals surface area contributed by atoms with Crippen molar-refractivity contribution in [3.8, 4) is 0 Å². The molecule has 0 saturated carbocycles. The van der Waals surface area contributed by atoms with Crippen molar-refractivity contribution in [2.24, 2.45) is 0 Å². The van der Waals surface area contributed by atoms with Gasteiger partial charge in [0.15, 0.2) is 5.78 Å². The van der Waals surface area contributed by atoms with Crippen molar-refractivity contribution in [1.29, 1.82) is 0 Å². The molecule has 0 radical (unpaired) electrons. The van der Waals surface area contributed by atoms with Crippen LogP contribution in [0.1, 0.15) is 15.9 Å². The number of anilines is 1. The SMILES string of the molecule is Nc1cc2ccccc2cc1C(=O)c1cncnc1. The molecule has 0 unspecified atom stereocenters. The molecule has 0 fully saturated rings. The van der Waals surface area contributed by atoms with Crippen LogP contribution in [0.25, 0.3) is 10.8 Å². The van der Waals surface area contributed by atoms with Gasteiger partial charge < -0.3 is 5.73 Å². The standard InChI is InChI=1S/C15H11N3O/c16-14-6-11-4-2-1-3-10(11)5-13(14)15(19)12-7-17-9-18-8-12/h1-9H,16H2. The Bertz CT molecular complexity index is 754. The van der Waals surface area contributed by atoms with Crippen molar-refractivity contribution in [3.63, 3.8) is 0 Å². The van der Waals surface area contributed by atoms with Gasteiger partial charge in [-0.2, -0.15) is 0 Å². The molecule has 3 aromatic rings. The molecule has 0 amide bonds. The summed E-state index contributed by atoms with van der Waals surface area (Å²) in [5, 5.41) is 2.00. The number of fused-ring (bicyclic) bond motifs is 1. The van der Waals surface area contributed by atoms with Gasteiger partial charge in [-0.05, 0) is 22.9 Å². The van der Waals surface area contributed by atoms with E-state index in [-0.39, 0.29) is 5.78 Å². The lowest BCUT2D eigenvalue weighted by atomic mass is 9.99. The fraction of sp³-hybridized carbons (Fsp3) is 0. The van der Waals surface area contributed by atoms with Crippen LogP contribution in [0, 0.1) is 0 Å². The molecule has 3 rings (SSSR count). The largest absolute Gasteiger partial charge is 0.398 e. The minimum atomic E-state index is -0.163. The van der Waals surface area contributed by atoms with Crippen LogP contribution in [-0.4, -0.2) is 15.8 Å². The Kier molecular flexibility index (Phi) is 2.68. The average Bonchev–Trinajstić information content (AvgIpc) is 2.47. The molecule has 1 heterocycles. The summed E-state index contributed by atoms with van der Waals surface area (Å²) >= 11 is 0. The van der Waals surface area contributed by atoms with E-state index < -0.39 is 0 Å². The second-order valence-corrected chi connectivity index (χ2v) is 4.24. The molecule has 92 valence electrons. The van der Waals surface area contributed by atoms with Crippen LogP contribution in [0.4, 0.5) is 5.69 Å². The molecule has 0 aliphatic rings. The Morgan fingerprint density at radius 2 is 1.63 bits per heavy atom. The van der Waals surface area contributed by atoms with Crippen LogP contribution >= 0.6 is 0 Å². The van der Waals surface area contributed by atoms with E-state index in [0.29, 0.717) is 16.8 Å². The van der Waals surface area contributed by atoms with E-state index in [2.05, 4.69) is 9.97 Å². The number of benzene rings is 2. The summed E-state index contributed by atoms with van der Waals surface area (Å²) < 4.78 is 0. The topological polar surface area (TPSA) is 68.9 Å². The Balaban J connectivity index is 2.15. The fourth-order valence-corrected chi connectivity index (χ4v) is 2.03. The molecule has 1 aromatic heterocycles. The fourth-order valence-electron chi connectivity index (χ4n) is 2.03. The normalized spacial score (nSPS) is 10.5. The Hall–Kier alpha value is -2.75. The van der Waals surface area contributed by atoms with E-state index in [9.17, 15) is 4.79 Å². The Morgan fingerprint density at radius 3 is 2.32 bits per heavy atom. The van der Waals surface area contributed by atoms with Crippen molar-refractivity contribution in [2.45, 2.75) is 0 Å². The van der Waals surface area contributed by atoms with Crippen molar-refractivity contribution in [3.05, 3.63) is 66.2 Å². The van der Waals surface area contributed by atoms with Gasteiger partial charge in [-0.15, -0.1) is 0 Å². The lowest BCUT2D eigenvalue weighted by molar-refractivity contribution is 0.103. The summed E-state index contributed by atoms with van der Waals surface area (Å²) in [6.07, 6.45) is 4.37. The summed E-state index contributed by atoms with van der Waals surface area (Å²) in [5.74, 6) is -0.163. The zero-order chi connectivity index (χ0) is 13.2. The van der Waals surface area contributed by atoms with Gasteiger partial charge in [0, 0.05) is 23.6 Å². The molecule has 2 aromatic carbocycles. The average molecular weight is 249 g/mol. The highest BCUT2D eigenvalue weighted by Gasteiger charge is 2.13. The minimum absolute atomic E-state index is 0.163. The predicted molar refractivity (Wildman–Crippen MR) is 73.8 cm³/mol. The molecule has 0 saturated heterocycles. The number of ketones is 1. The molecule has 0 aliphatic heterocycles. The van der Waals surface area contributed by atoms with E-state index in [0.717, 1.165) is 10.8 Å². The summed E-state index contributed by atoms with van der Waals surface area (Å²) in [5.41, 5.74) is 7.34. The highest BCUT2D eigenvalue weighted by molar-refractivity contribution is 6.13. The third kappa shape index (κ3) is 2.04. The maximum Gasteiger partial charge on any atom is 0.198 e. The first kappa shape index (κ1) is 11.3. The number of hydrogen-bond donors (Lipinski definition) is 1. The smallest absolute Gasteiger partial charge is 0.198 e. The first-order chi connectivity index (χ1) is 9.25. The number of nitrogens with zero attached hydrogens (tertiary/aromatic N) is 2. The number of nitrogen functional groups attached to an aromatic ring is 1. The van der Waals surface area contributed by atoms with Gasteiger partial charge in [0.2, 0.25) is 0 Å². The van der Waals surface area contributed by atoms with Crippen LogP contribution in [0.3, 0.4) is 0 Å². The van der Waals surface area contributed by atoms with Gasteiger partial charge >= 0.3 is 0 Å². The molecule has 0 aliphatic carbocycles. The van der Waals surface area contributed by atoms with Gasteiger partial charge in [0.1, 0.15) is 6.33 Å². The maximum absolute atomic E-state index is 12.4. The third-order valence-electron chi connectivity index (χ3n) is 2.99. The summed E-state index contributed by atoms with van der Waals surface area (Å²) in [6.45, 7) is 0. The number of rotatable bonds is 2. The molecular weight excluding hydrogens is 238 g/mol. The van der Waals surface area contributed by atoms with Crippen LogP contribution in [0.15, 0.2) is 55.1 Å². The Labute approximate surface area is 109 Å². The van der Waals surface area contributed by atoms with Gasteiger partial charge in [-0.25, -0.2) is 9.97 Å². The predicted octanol–water partition coefficient (Wildman–Crippen LogP) is 2.44.